The number of ether oxygens (including phenoxy) is 2. The molecule has 0 aliphatic carbocycles. The van der Waals surface area contributed by atoms with Gasteiger partial charge in [-0.3, -0.25) is 14.0 Å². The van der Waals surface area contributed by atoms with Crippen molar-refractivity contribution < 1.29 is 31.7 Å². The van der Waals surface area contributed by atoms with E-state index in [-0.39, 0.29) is 54.6 Å². The number of hydrogen-bond acceptors (Lipinski definition) is 6. The number of carbonyl (C=O) groups is 1. The summed E-state index contributed by atoms with van der Waals surface area (Å²) < 4.78 is 58.3. The molecular weight excluding hydrogens is 524 g/mol. The van der Waals surface area contributed by atoms with Gasteiger partial charge in [-0.2, -0.15) is 4.39 Å². The van der Waals surface area contributed by atoms with Crippen LogP contribution >= 0.6 is 0 Å². The predicted octanol–water partition coefficient (Wildman–Crippen LogP) is 6.55. The number of carbonyl (C=O) groups excluding carboxylic acids is 1. The van der Waals surface area contributed by atoms with Gasteiger partial charge in [-0.1, -0.05) is 18.2 Å². The van der Waals surface area contributed by atoms with Gasteiger partial charge in [-0.25, -0.2) is 4.39 Å². The summed E-state index contributed by atoms with van der Waals surface area (Å²) in [5.74, 6) is -0.156. The second kappa shape index (κ2) is 12.1. The lowest BCUT2D eigenvalue weighted by molar-refractivity contribution is -0.142. The van der Waals surface area contributed by atoms with Crippen molar-refractivity contribution in [2.24, 2.45) is 0 Å². The van der Waals surface area contributed by atoms with Gasteiger partial charge in [0.1, 0.15) is 17.9 Å². The van der Waals surface area contributed by atoms with Crippen LogP contribution < -0.4 is 4.74 Å². The summed E-state index contributed by atoms with van der Waals surface area (Å²) in [5.41, 5.74) is 2.26. The minimum atomic E-state index is -1.17. The molecule has 206 valence electrons. The Bertz CT molecular complexity index is 1510. The zero-order valence-electron chi connectivity index (χ0n) is 22.4. The smallest absolute Gasteiger partial charge is 0.310 e. The number of rotatable bonds is 10. The van der Waals surface area contributed by atoms with E-state index in [2.05, 4.69) is 4.98 Å². The van der Waals surface area contributed by atoms with Gasteiger partial charge in [0.25, 0.3) is 6.01 Å². The number of aryl methyl sites for hydroxylation is 1. The van der Waals surface area contributed by atoms with Gasteiger partial charge in [0.05, 0.1) is 18.7 Å². The second-order valence-corrected chi connectivity index (χ2v) is 12.3. The van der Waals surface area contributed by atoms with Crippen molar-refractivity contribution in [2.75, 3.05) is 12.4 Å². The van der Waals surface area contributed by atoms with Gasteiger partial charge in [-0.05, 0) is 57.5 Å². The molecule has 0 saturated heterocycles. The molecule has 9 heteroatoms. The quantitative estimate of drug-likeness (QED) is 0.207. The molecule has 0 radical (unpaired) electrons. The Morgan fingerprint density at radius 3 is 2.59 bits per heavy atom. The molecule has 0 N–H and O–H groups in total. The third-order valence-corrected chi connectivity index (χ3v) is 8.05. The Labute approximate surface area is 228 Å². The van der Waals surface area contributed by atoms with Crippen molar-refractivity contribution in [1.82, 2.24) is 4.98 Å². The molecule has 0 unspecified atom stereocenters. The van der Waals surface area contributed by atoms with Crippen molar-refractivity contribution in [3.8, 4) is 16.9 Å². The number of halogens is 2. The zero-order valence-corrected chi connectivity index (χ0v) is 23.2. The first-order valence-electron chi connectivity index (χ1n) is 12.7. The molecule has 0 aliphatic rings. The first-order chi connectivity index (χ1) is 18.6. The minimum absolute atomic E-state index is 0.0618. The monoisotopic (exact) mass is 555 g/mol. The topological polar surface area (TPSA) is 78.6 Å². The maximum atomic E-state index is 15.7. The summed E-state index contributed by atoms with van der Waals surface area (Å²) in [6.45, 7) is 7.72. The second-order valence-electron chi connectivity index (χ2n) is 10.0. The SMILES string of the molecule is CCOC(=O)Cc1ccccc1OCc1cc(-c2ccnc(CC[S@@](=O)C(C)(C)C)c2F)c2oc(F)cc2c1. The fourth-order valence-corrected chi connectivity index (χ4v) is 5.14. The van der Waals surface area contributed by atoms with Crippen LogP contribution in [0.1, 0.15) is 44.5 Å². The van der Waals surface area contributed by atoms with Gasteiger partial charge in [0.15, 0.2) is 5.82 Å². The maximum absolute atomic E-state index is 15.7. The first kappa shape index (κ1) is 28.4. The Hall–Kier alpha value is -3.59. The average Bonchev–Trinajstić information content (AvgIpc) is 3.26. The van der Waals surface area contributed by atoms with Crippen molar-refractivity contribution in [3.05, 3.63) is 83.4 Å². The summed E-state index contributed by atoms with van der Waals surface area (Å²) in [6.07, 6.45) is 1.74. The summed E-state index contributed by atoms with van der Waals surface area (Å²) >= 11 is 0. The van der Waals surface area contributed by atoms with Gasteiger partial charge in [0.2, 0.25) is 0 Å². The molecule has 6 nitrogen and oxygen atoms in total. The van der Waals surface area contributed by atoms with Gasteiger partial charge >= 0.3 is 5.97 Å². The van der Waals surface area contributed by atoms with Crippen LogP contribution in [0.2, 0.25) is 0 Å². The molecule has 2 heterocycles. The van der Waals surface area contributed by atoms with E-state index in [0.717, 1.165) is 0 Å². The van der Waals surface area contributed by atoms with E-state index in [1.807, 2.05) is 20.8 Å². The van der Waals surface area contributed by atoms with Crippen LogP contribution in [-0.2, 0) is 39.8 Å². The van der Waals surface area contributed by atoms with Crippen LogP contribution in [0.3, 0.4) is 0 Å². The molecule has 0 amide bonds. The highest BCUT2D eigenvalue weighted by Crippen LogP contribution is 2.35. The predicted molar refractivity (Wildman–Crippen MR) is 147 cm³/mol. The fraction of sp³-hybridized carbons (Fsp3) is 0.333. The molecule has 0 aliphatic heterocycles. The van der Waals surface area contributed by atoms with Crippen LogP contribution in [0.15, 0.2) is 59.1 Å². The number of para-hydroxylation sites is 1. The number of aromatic nitrogens is 1. The Balaban J connectivity index is 1.64. The Morgan fingerprint density at radius 1 is 1.08 bits per heavy atom. The molecule has 0 fully saturated rings. The molecule has 4 rings (SSSR count). The number of fused-ring (bicyclic) bond motifs is 1. The molecule has 0 saturated carbocycles. The highest BCUT2D eigenvalue weighted by Gasteiger charge is 2.22. The highest BCUT2D eigenvalue weighted by molar-refractivity contribution is 7.86. The molecule has 2 aromatic carbocycles. The van der Waals surface area contributed by atoms with E-state index >= 15 is 4.39 Å². The van der Waals surface area contributed by atoms with Crippen LogP contribution in [-0.4, -0.2) is 32.3 Å². The largest absolute Gasteiger partial charge is 0.489 e. The molecule has 0 spiro atoms. The normalized spacial score (nSPS) is 12.5. The van der Waals surface area contributed by atoms with E-state index in [0.29, 0.717) is 27.8 Å². The van der Waals surface area contributed by atoms with E-state index in [1.54, 1.807) is 43.3 Å². The van der Waals surface area contributed by atoms with Crippen molar-refractivity contribution in [3.63, 3.8) is 0 Å². The zero-order chi connectivity index (χ0) is 28.2. The molecule has 2 aromatic heterocycles. The van der Waals surface area contributed by atoms with Crippen molar-refractivity contribution in [2.45, 2.75) is 51.9 Å². The molecule has 0 bridgehead atoms. The molecule has 39 heavy (non-hydrogen) atoms. The average molecular weight is 556 g/mol. The lowest BCUT2D eigenvalue weighted by Gasteiger charge is -2.17. The lowest BCUT2D eigenvalue weighted by atomic mass is 9.99. The fourth-order valence-electron chi connectivity index (χ4n) is 4.15. The third-order valence-electron chi connectivity index (χ3n) is 6.11. The maximum Gasteiger partial charge on any atom is 0.310 e. The number of esters is 1. The van der Waals surface area contributed by atoms with Gasteiger partial charge < -0.3 is 13.9 Å². The highest BCUT2D eigenvalue weighted by atomic mass is 32.2. The number of nitrogens with zero attached hydrogens (tertiary/aromatic N) is 1. The Kier molecular flexibility index (Phi) is 8.80. The summed E-state index contributed by atoms with van der Waals surface area (Å²) in [7, 11) is -1.17. The Morgan fingerprint density at radius 2 is 1.85 bits per heavy atom. The standard InChI is InChI=1S/C30H31F2NO5S/c1-5-36-27(34)17-20-8-6-7-9-25(20)37-18-19-14-21-16-26(31)38-29(21)23(15-19)22-10-12-33-24(28(22)32)11-13-39(35)30(2,3)4/h6-10,12,14-16H,5,11,13,17-18H2,1-4H3/t39-/m1/s1. The number of hydrogen-bond donors (Lipinski definition) is 0. The number of furan rings is 1. The third kappa shape index (κ3) is 6.89. The van der Waals surface area contributed by atoms with E-state index in [4.69, 9.17) is 13.9 Å². The summed E-state index contributed by atoms with van der Waals surface area (Å²) in [5, 5.41) is 0.454. The van der Waals surface area contributed by atoms with Crippen molar-refractivity contribution >= 4 is 27.7 Å². The van der Waals surface area contributed by atoms with Crippen LogP contribution in [0, 0.1) is 11.8 Å². The molecule has 1 atom stereocenters. The summed E-state index contributed by atoms with van der Waals surface area (Å²) in [6, 6.07) is 12.5. The first-order valence-corrected chi connectivity index (χ1v) is 14.0. The van der Waals surface area contributed by atoms with Crippen LogP contribution in [0.25, 0.3) is 22.1 Å². The summed E-state index contributed by atoms with van der Waals surface area (Å²) in [4.78, 5) is 16.2. The number of benzene rings is 2. The van der Waals surface area contributed by atoms with E-state index < -0.39 is 27.4 Å². The van der Waals surface area contributed by atoms with Crippen LogP contribution in [0.5, 0.6) is 5.75 Å². The van der Waals surface area contributed by atoms with E-state index in [9.17, 15) is 13.4 Å². The molecular formula is C30H31F2NO5S. The molecule has 4 aromatic rings. The lowest BCUT2D eigenvalue weighted by Crippen LogP contribution is -2.25. The van der Waals surface area contributed by atoms with Gasteiger partial charge in [-0.15, -0.1) is 0 Å². The van der Waals surface area contributed by atoms with E-state index in [1.165, 1.54) is 18.3 Å². The van der Waals surface area contributed by atoms with Crippen molar-refractivity contribution in [1.29, 1.82) is 0 Å². The minimum Gasteiger partial charge on any atom is -0.489 e. The number of pyridine rings is 1. The van der Waals surface area contributed by atoms with Gasteiger partial charge in [0, 0.05) is 62.1 Å². The van der Waals surface area contributed by atoms with Crippen LogP contribution in [0.4, 0.5) is 8.78 Å².